The van der Waals surface area contributed by atoms with Crippen LogP contribution in [0, 0.1) is 11.3 Å². The fourth-order valence-corrected chi connectivity index (χ4v) is 7.50. The summed E-state index contributed by atoms with van der Waals surface area (Å²) in [6, 6.07) is 55.1. The Morgan fingerprint density at radius 3 is 1.37 bits per heavy atom. The number of fused-ring (bicyclic) bond motifs is 7. The summed E-state index contributed by atoms with van der Waals surface area (Å²) in [6.45, 7) is 4.65. The number of benzene rings is 8. The Balaban J connectivity index is 1.22. The molecule has 1 aliphatic rings. The van der Waals surface area contributed by atoms with Crippen LogP contribution in [0.15, 0.2) is 146 Å². The molecule has 0 fully saturated rings. The quantitative estimate of drug-likeness (QED) is 0.206. The van der Waals surface area contributed by atoms with E-state index < -0.39 is 0 Å². The molecule has 8 aromatic rings. The number of rotatable bonds is 3. The van der Waals surface area contributed by atoms with E-state index in [2.05, 4.69) is 158 Å². The zero-order chi connectivity index (χ0) is 31.0. The fourth-order valence-electron chi connectivity index (χ4n) is 7.50. The molecule has 0 unspecified atom stereocenters. The molecule has 0 N–H and O–H groups in total. The normalized spacial score (nSPS) is 13.2. The topological polar surface area (TPSA) is 27.0 Å². The van der Waals surface area contributed by atoms with Crippen LogP contribution < -0.4 is 4.90 Å². The van der Waals surface area contributed by atoms with Crippen molar-refractivity contribution in [3.8, 4) is 17.2 Å². The lowest BCUT2D eigenvalue weighted by Crippen LogP contribution is -2.15. The minimum atomic E-state index is -0.165. The second kappa shape index (κ2) is 9.80. The molecule has 0 aromatic heterocycles. The third-order valence-electron chi connectivity index (χ3n) is 9.94. The van der Waals surface area contributed by atoms with Crippen molar-refractivity contribution in [1.29, 1.82) is 5.26 Å². The van der Waals surface area contributed by atoms with Crippen molar-refractivity contribution in [2.75, 3.05) is 4.90 Å². The molecule has 46 heavy (non-hydrogen) atoms. The van der Waals surface area contributed by atoms with Crippen LogP contribution in [0.3, 0.4) is 0 Å². The van der Waals surface area contributed by atoms with E-state index in [0.717, 1.165) is 22.4 Å². The first kappa shape index (κ1) is 26.5. The summed E-state index contributed by atoms with van der Waals surface area (Å²) in [7, 11) is 0. The monoisotopic (exact) mass is 586 g/mol. The van der Waals surface area contributed by atoms with Gasteiger partial charge in [-0.05, 0) is 138 Å². The average molecular weight is 587 g/mol. The SMILES string of the molecule is CC1(C)c2cc3cc(C#N)ccc3cc2-c2cc3ccc(N(c4ccc5ccccc5c4)c4ccc5ccccc5c4)cc3cc21. The first-order valence-electron chi connectivity index (χ1n) is 15.8. The lowest BCUT2D eigenvalue weighted by molar-refractivity contribution is 0.662. The van der Waals surface area contributed by atoms with Gasteiger partial charge in [-0.2, -0.15) is 5.26 Å². The average Bonchev–Trinajstić information content (AvgIpc) is 3.30. The molecule has 2 heteroatoms. The van der Waals surface area contributed by atoms with Gasteiger partial charge in [-0.15, -0.1) is 0 Å². The van der Waals surface area contributed by atoms with Crippen molar-refractivity contribution in [2.45, 2.75) is 19.3 Å². The minimum absolute atomic E-state index is 0.165. The summed E-state index contributed by atoms with van der Waals surface area (Å²) in [5, 5.41) is 19.1. The molecule has 0 radical (unpaired) electrons. The van der Waals surface area contributed by atoms with Gasteiger partial charge in [0.15, 0.2) is 0 Å². The molecule has 9 rings (SSSR count). The van der Waals surface area contributed by atoms with E-state index in [1.807, 2.05) is 12.1 Å². The Bertz CT molecular complexity index is 2500. The summed E-state index contributed by atoms with van der Waals surface area (Å²) in [5.74, 6) is 0. The van der Waals surface area contributed by atoms with Crippen LogP contribution in [0.1, 0.15) is 30.5 Å². The molecule has 216 valence electrons. The first-order valence-corrected chi connectivity index (χ1v) is 15.8. The van der Waals surface area contributed by atoms with Crippen molar-refractivity contribution in [2.24, 2.45) is 0 Å². The predicted molar refractivity (Wildman–Crippen MR) is 193 cm³/mol. The number of nitrogens with zero attached hydrogens (tertiary/aromatic N) is 2. The molecular formula is C44H30N2. The Hall–Kier alpha value is -5.91. The van der Waals surface area contributed by atoms with Crippen LogP contribution in [0.2, 0.25) is 0 Å². The van der Waals surface area contributed by atoms with Crippen molar-refractivity contribution < 1.29 is 0 Å². The van der Waals surface area contributed by atoms with Crippen LogP contribution in [-0.2, 0) is 5.41 Å². The van der Waals surface area contributed by atoms with Crippen LogP contribution in [0.5, 0.6) is 0 Å². The molecule has 2 nitrogen and oxygen atoms in total. The molecule has 0 amide bonds. The lowest BCUT2D eigenvalue weighted by Gasteiger charge is -2.27. The van der Waals surface area contributed by atoms with E-state index in [1.165, 1.54) is 60.0 Å². The van der Waals surface area contributed by atoms with E-state index in [-0.39, 0.29) is 5.41 Å². The lowest BCUT2D eigenvalue weighted by atomic mass is 9.81. The Labute approximate surface area is 268 Å². The van der Waals surface area contributed by atoms with Gasteiger partial charge in [0.05, 0.1) is 11.6 Å². The zero-order valence-electron chi connectivity index (χ0n) is 25.8. The molecule has 0 saturated carbocycles. The van der Waals surface area contributed by atoms with E-state index >= 15 is 0 Å². The maximum atomic E-state index is 9.49. The van der Waals surface area contributed by atoms with E-state index in [1.54, 1.807) is 0 Å². The third kappa shape index (κ3) is 4.03. The Kier molecular flexibility index (Phi) is 5.64. The maximum Gasteiger partial charge on any atom is 0.0991 e. The van der Waals surface area contributed by atoms with E-state index in [9.17, 15) is 5.26 Å². The highest BCUT2D eigenvalue weighted by Crippen LogP contribution is 2.51. The van der Waals surface area contributed by atoms with Gasteiger partial charge >= 0.3 is 0 Å². The standard InChI is InChI=1S/C44H30N2/c1-44(2)42-25-35-19-28(27-45)11-12-33(35)23-40(42)41-24-34-15-18-39(22-36(34)26-43(41)44)46(37-16-13-29-7-3-5-9-31(29)20-37)38-17-14-30-8-4-6-10-32(30)21-38/h3-26H,1-2H3. The van der Waals surface area contributed by atoms with Gasteiger partial charge in [0.2, 0.25) is 0 Å². The Morgan fingerprint density at radius 1 is 0.435 bits per heavy atom. The molecule has 0 saturated heterocycles. The molecule has 1 aliphatic carbocycles. The summed E-state index contributed by atoms with van der Waals surface area (Å²) in [4.78, 5) is 2.38. The minimum Gasteiger partial charge on any atom is -0.310 e. The molecule has 0 aliphatic heterocycles. The van der Waals surface area contributed by atoms with Gasteiger partial charge in [-0.1, -0.05) is 86.6 Å². The van der Waals surface area contributed by atoms with Crippen molar-refractivity contribution in [3.05, 3.63) is 162 Å². The zero-order valence-corrected chi connectivity index (χ0v) is 25.8. The van der Waals surface area contributed by atoms with Crippen molar-refractivity contribution in [3.63, 3.8) is 0 Å². The molecule has 8 aromatic carbocycles. The smallest absolute Gasteiger partial charge is 0.0991 e. The second-order valence-electron chi connectivity index (χ2n) is 13.0. The molecule has 0 atom stereocenters. The fraction of sp³-hybridized carbons (Fsp3) is 0.0682. The van der Waals surface area contributed by atoms with Gasteiger partial charge in [-0.25, -0.2) is 0 Å². The van der Waals surface area contributed by atoms with Crippen LogP contribution in [0.25, 0.3) is 54.2 Å². The van der Waals surface area contributed by atoms with Crippen molar-refractivity contribution in [1.82, 2.24) is 0 Å². The summed E-state index contributed by atoms with van der Waals surface area (Å²) in [5.41, 5.74) is 9.16. The molecule has 0 heterocycles. The maximum absolute atomic E-state index is 9.49. The van der Waals surface area contributed by atoms with Gasteiger partial charge in [0.25, 0.3) is 0 Å². The van der Waals surface area contributed by atoms with Crippen LogP contribution in [0.4, 0.5) is 17.1 Å². The van der Waals surface area contributed by atoms with Crippen LogP contribution >= 0.6 is 0 Å². The number of anilines is 3. The summed E-state index contributed by atoms with van der Waals surface area (Å²) in [6.07, 6.45) is 0. The largest absolute Gasteiger partial charge is 0.310 e. The number of hydrogen-bond acceptors (Lipinski definition) is 2. The van der Waals surface area contributed by atoms with E-state index in [4.69, 9.17) is 0 Å². The molecule has 0 spiro atoms. The number of nitriles is 1. The van der Waals surface area contributed by atoms with Gasteiger partial charge in [-0.3, -0.25) is 0 Å². The second-order valence-corrected chi connectivity index (χ2v) is 13.0. The van der Waals surface area contributed by atoms with Crippen molar-refractivity contribution >= 4 is 60.2 Å². The van der Waals surface area contributed by atoms with Gasteiger partial charge < -0.3 is 4.90 Å². The highest BCUT2D eigenvalue weighted by atomic mass is 15.1. The van der Waals surface area contributed by atoms with E-state index in [0.29, 0.717) is 5.56 Å². The third-order valence-corrected chi connectivity index (χ3v) is 9.94. The summed E-state index contributed by atoms with van der Waals surface area (Å²) < 4.78 is 0. The highest BCUT2D eigenvalue weighted by Gasteiger charge is 2.36. The van der Waals surface area contributed by atoms with Crippen LogP contribution in [-0.4, -0.2) is 0 Å². The van der Waals surface area contributed by atoms with Gasteiger partial charge in [0.1, 0.15) is 0 Å². The molecular weight excluding hydrogens is 556 g/mol. The first-order chi connectivity index (χ1) is 22.5. The molecule has 0 bridgehead atoms. The van der Waals surface area contributed by atoms with Gasteiger partial charge in [0, 0.05) is 22.5 Å². The highest BCUT2D eigenvalue weighted by molar-refractivity contribution is 6.00. The predicted octanol–water partition coefficient (Wildman–Crippen LogP) is 11.9. The summed E-state index contributed by atoms with van der Waals surface area (Å²) >= 11 is 0. The number of hydrogen-bond donors (Lipinski definition) is 0. The Morgan fingerprint density at radius 2 is 0.848 bits per heavy atom.